The van der Waals surface area contributed by atoms with E-state index in [0.29, 0.717) is 18.9 Å². The Kier molecular flexibility index (Phi) is 9.13. The molecule has 0 heterocycles. The van der Waals surface area contributed by atoms with E-state index in [0.717, 1.165) is 23.6 Å². The van der Waals surface area contributed by atoms with Crippen LogP contribution in [0.1, 0.15) is 12.5 Å². The zero-order valence-electron chi connectivity index (χ0n) is 10.2. The van der Waals surface area contributed by atoms with Gasteiger partial charge in [0.15, 0.2) is 0 Å². The molecule has 0 bridgehead atoms. The van der Waals surface area contributed by atoms with Gasteiger partial charge in [0.1, 0.15) is 11.5 Å². The Morgan fingerprint density at radius 1 is 1.41 bits per heavy atom. The monoisotopic (exact) mass is 277 g/mol. The molecule has 0 aliphatic rings. The fraction of sp³-hybridized carbons (Fsp3) is 0.500. The average molecular weight is 278 g/mol. The molecule has 0 radical (unpaired) electrons. The minimum atomic E-state index is 0. The van der Waals surface area contributed by atoms with Crippen LogP contribution in [-0.2, 0) is 6.54 Å². The number of ether oxygens (including phenoxy) is 1. The van der Waals surface area contributed by atoms with Crippen LogP contribution < -0.4 is 10.1 Å². The van der Waals surface area contributed by atoms with Crippen molar-refractivity contribution >= 4 is 24.2 Å². The van der Waals surface area contributed by atoms with Gasteiger partial charge in [-0.05, 0) is 31.4 Å². The van der Waals surface area contributed by atoms with Crippen molar-refractivity contribution in [2.24, 2.45) is 0 Å². The van der Waals surface area contributed by atoms with Crippen molar-refractivity contribution in [2.45, 2.75) is 13.5 Å². The van der Waals surface area contributed by atoms with E-state index in [1.54, 1.807) is 23.9 Å². The first-order valence-corrected chi connectivity index (χ1v) is 6.81. The van der Waals surface area contributed by atoms with Crippen molar-refractivity contribution in [3.63, 3.8) is 0 Å². The predicted octanol–water partition coefficient (Wildman–Crippen LogP) is 2.67. The maximum absolute atomic E-state index is 9.66. The predicted molar refractivity (Wildman–Crippen MR) is 76.6 cm³/mol. The Morgan fingerprint density at radius 2 is 2.18 bits per heavy atom. The maximum atomic E-state index is 9.66. The molecule has 1 rings (SSSR count). The summed E-state index contributed by atoms with van der Waals surface area (Å²) in [4.78, 5) is 0. The zero-order valence-corrected chi connectivity index (χ0v) is 11.9. The van der Waals surface area contributed by atoms with E-state index in [-0.39, 0.29) is 12.4 Å². The molecule has 5 heteroatoms. The normalized spacial score (nSPS) is 9.76. The molecule has 0 saturated heterocycles. The lowest BCUT2D eigenvalue weighted by Crippen LogP contribution is -2.16. The molecule has 0 amide bonds. The van der Waals surface area contributed by atoms with Gasteiger partial charge >= 0.3 is 0 Å². The second-order valence-corrected chi connectivity index (χ2v) is 4.38. The summed E-state index contributed by atoms with van der Waals surface area (Å²) in [6.07, 6.45) is 2.08. The summed E-state index contributed by atoms with van der Waals surface area (Å²) >= 11 is 1.80. The quantitative estimate of drug-likeness (QED) is 0.752. The number of aromatic hydroxyl groups is 1. The van der Waals surface area contributed by atoms with E-state index in [4.69, 9.17) is 4.74 Å². The molecule has 0 aliphatic carbocycles. The van der Waals surface area contributed by atoms with Gasteiger partial charge in [0.25, 0.3) is 0 Å². The number of hydrogen-bond donors (Lipinski definition) is 2. The first-order chi connectivity index (χ1) is 7.77. The molecule has 3 nitrogen and oxygen atoms in total. The van der Waals surface area contributed by atoms with Crippen molar-refractivity contribution in [1.82, 2.24) is 5.32 Å². The highest BCUT2D eigenvalue weighted by Crippen LogP contribution is 2.22. The van der Waals surface area contributed by atoms with Gasteiger partial charge in [0.05, 0.1) is 6.61 Å². The minimum Gasteiger partial charge on any atom is -0.508 e. The second-order valence-electron chi connectivity index (χ2n) is 3.39. The van der Waals surface area contributed by atoms with Crippen LogP contribution >= 0.6 is 24.2 Å². The van der Waals surface area contributed by atoms with Crippen molar-refractivity contribution in [2.75, 3.05) is 25.2 Å². The average Bonchev–Trinajstić information content (AvgIpc) is 2.29. The van der Waals surface area contributed by atoms with Gasteiger partial charge in [0, 0.05) is 24.4 Å². The van der Waals surface area contributed by atoms with E-state index < -0.39 is 0 Å². The molecule has 0 aliphatic heterocycles. The number of halogens is 1. The summed E-state index contributed by atoms with van der Waals surface area (Å²) in [5.74, 6) is 2.20. The van der Waals surface area contributed by atoms with Crippen molar-refractivity contribution in [3.05, 3.63) is 23.8 Å². The Labute approximate surface area is 113 Å². The number of rotatable bonds is 7. The van der Waals surface area contributed by atoms with Gasteiger partial charge < -0.3 is 15.2 Å². The molecule has 2 N–H and O–H groups in total. The Morgan fingerprint density at radius 3 is 2.82 bits per heavy atom. The lowest BCUT2D eigenvalue weighted by atomic mass is 10.2. The van der Waals surface area contributed by atoms with E-state index >= 15 is 0 Å². The molecule has 0 atom stereocenters. The number of phenolic OH excluding ortho intramolecular Hbond substituents is 1. The van der Waals surface area contributed by atoms with Gasteiger partial charge in [-0.2, -0.15) is 11.8 Å². The third-order valence-corrected chi connectivity index (χ3v) is 2.77. The van der Waals surface area contributed by atoms with Gasteiger partial charge in [0.2, 0.25) is 0 Å². The molecular weight excluding hydrogens is 258 g/mol. The molecule has 17 heavy (non-hydrogen) atoms. The SMILES string of the molecule is CCOc1ccc(O)c(CNCCSC)c1.Cl. The van der Waals surface area contributed by atoms with E-state index in [1.165, 1.54) is 0 Å². The number of nitrogens with one attached hydrogen (secondary N) is 1. The fourth-order valence-corrected chi connectivity index (χ4v) is 1.71. The summed E-state index contributed by atoms with van der Waals surface area (Å²) in [5, 5.41) is 12.9. The summed E-state index contributed by atoms with van der Waals surface area (Å²) in [7, 11) is 0. The van der Waals surface area contributed by atoms with Crippen LogP contribution in [0.15, 0.2) is 18.2 Å². The highest BCUT2D eigenvalue weighted by atomic mass is 35.5. The molecule has 1 aromatic rings. The third kappa shape index (κ3) is 6.05. The zero-order chi connectivity index (χ0) is 11.8. The molecule has 0 unspecified atom stereocenters. The van der Waals surface area contributed by atoms with Gasteiger partial charge in [-0.3, -0.25) is 0 Å². The maximum Gasteiger partial charge on any atom is 0.120 e. The first kappa shape index (κ1) is 16.4. The summed E-state index contributed by atoms with van der Waals surface area (Å²) in [5.41, 5.74) is 0.882. The summed E-state index contributed by atoms with van der Waals surface area (Å²) < 4.78 is 5.39. The Bertz CT molecular complexity index is 323. The number of benzene rings is 1. The van der Waals surface area contributed by atoms with E-state index in [1.807, 2.05) is 13.0 Å². The van der Waals surface area contributed by atoms with Crippen molar-refractivity contribution in [3.8, 4) is 11.5 Å². The van der Waals surface area contributed by atoms with Gasteiger partial charge in [-0.15, -0.1) is 12.4 Å². The molecule has 0 aromatic heterocycles. The molecule has 0 saturated carbocycles. The van der Waals surface area contributed by atoms with Crippen molar-refractivity contribution in [1.29, 1.82) is 0 Å². The summed E-state index contributed by atoms with van der Waals surface area (Å²) in [6, 6.07) is 5.34. The molecule has 0 fully saturated rings. The topological polar surface area (TPSA) is 41.5 Å². The lowest BCUT2D eigenvalue weighted by molar-refractivity contribution is 0.338. The Balaban J connectivity index is 0.00000256. The van der Waals surface area contributed by atoms with Gasteiger partial charge in [-0.1, -0.05) is 0 Å². The van der Waals surface area contributed by atoms with Crippen molar-refractivity contribution < 1.29 is 9.84 Å². The van der Waals surface area contributed by atoms with E-state index in [2.05, 4.69) is 11.6 Å². The molecule has 1 aromatic carbocycles. The van der Waals surface area contributed by atoms with Gasteiger partial charge in [-0.25, -0.2) is 0 Å². The highest BCUT2D eigenvalue weighted by Gasteiger charge is 2.02. The molecule has 98 valence electrons. The van der Waals surface area contributed by atoms with Crippen LogP contribution in [0.5, 0.6) is 11.5 Å². The molecule has 0 spiro atoms. The first-order valence-electron chi connectivity index (χ1n) is 5.42. The van der Waals surface area contributed by atoms with Crippen LogP contribution in [0.2, 0.25) is 0 Å². The molecular formula is C12H20ClNO2S. The highest BCUT2D eigenvalue weighted by molar-refractivity contribution is 7.98. The van der Waals surface area contributed by atoms with Crippen LogP contribution in [0, 0.1) is 0 Å². The van der Waals surface area contributed by atoms with Crippen LogP contribution in [-0.4, -0.2) is 30.3 Å². The second kappa shape index (κ2) is 9.45. The smallest absolute Gasteiger partial charge is 0.120 e. The minimum absolute atomic E-state index is 0. The standard InChI is InChI=1S/C12H19NO2S.ClH/c1-3-15-11-4-5-12(14)10(8-11)9-13-6-7-16-2;/h4-5,8,13-14H,3,6-7,9H2,1-2H3;1H. The van der Waals surface area contributed by atoms with Crippen LogP contribution in [0.4, 0.5) is 0 Å². The Hall–Kier alpha value is -0.580. The number of hydrogen-bond acceptors (Lipinski definition) is 4. The number of thioether (sulfide) groups is 1. The third-order valence-electron chi connectivity index (χ3n) is 2.16. The lowest BCUT2D eigenvalue weighted by Gasteiger charge is -2.09. The van der Waals surface area contributed by atoms with Crippen LogP contribution in [0.3, 0.4) is 0 Å². The van der Waals surface area contributed by atoms with E-state index in [9.17, 15) is 5.11 Å². The number of phenols is 1. The fourth-order valence-electron chi connectivity index (χ4n) is 1.36. The largest absolute Gasteiger partial charge is 0.508 e. The van der Waals surface area contributed by atoms with Crippen LogP contribution in [0.25, 0.3) is 0 Å². The summed E-state index contributed by atoms with van der Waals surface area (Å²) in [6.45, 7) is 4.21.